The van der Waals surface area contributed by atoms with Gasteiger partial charge in [0.2, 0.25) is 5.13 Å². The van der Waals surface area contributed by atoms with Crippen LogP contribution in [-0.2, 0) is 19.9 Å². The SMILES string of the molecule is CCOC(=O)CSc1nnc(NC(=O)C(C)(N)c2ccccc2)s1. The maximum atomic E-state index is 12.4. The topological polar surface area (TPSA) is 107 Å². The zero-order chi connectivity index (χ0) is 17.6. The number of carbonyl (C=O) groups excluding carboxylic acids is 2. The van der Waals surface area contributed by atoms with Crippen LogP contribution < -0.4 is 11.1 Å². The number of anilines is 1. The first-order chi connectivity index (χ1) is 11.4. The van der Waals surface area contributed by atoms with E-state index in [0.29, 0.717) is 21.6 Å². The second-order valence-electron chi connectivity index (χ2n) is 4.99. The molecule has 7 nitrogen and oxygen atoms in total. The minimum absolute atomic E-state index is 0.148. The second kappa shape index (κ2) is 8.22. The zero-order valence-corrected chi connectivity index (χ0v) is 14.9. The summed E-state index contributed by atoms with van der Waals surface area (Å²) in [6, 6.07) is 9.08. The Morgan fingerprint density at radius 2 is 2.04 bits per heavy atom. The number of esters is 1. The van der Waals surface area contributed by atoms with Crippen molar-refractivity contribution in [2.45, 2.75) is 23.7 Å². The molecule has 2 aromatic rings. The summed E-state index contributed by atoms with van der Waals surface area (Å²) >= 11 is 2.39. The van der Waals surface area contributed by atoms with E-state index in [0.717, 1.165) is 0 Å². The number of hydrogen-bond acceptors (Lipinski definition) is 8. The van der Waals surface area contributed by atoms with Gasteiger partial charge in [-0.15, -0.1) is 10.2 Å². The fraction of sp³-hybridized carbons (Fsp3) is 0.333. The van der Waals surface area contributed by atoms with Crippen molar-refractivity contribution >= 4 is 40.1 Å². The van der Waals surface area contributed by atoms with Crippen molar-refractivity contribution in [1.82, 2.24) is 10.2 Å². The zero-order valence-electron chi connectivity index (χ0n) is 13.3. The average molecular weight is 366 g/mol. The first-order valence-electron chi connectivity index (χ1n) is 7.21. The largest absolute Gasteiger partial charge is 0.465 e. The summed E-state index contributed by atoms with van der Waals surface area (Å²) in [4.78, 5) is 23.7. The summed E-state index contributed by atoms with van der Waals surface area (Å²) in [5.74, 6) is -0.552. The lowest BCUT2D eigenvalue weighted by Crippen LogP contribution is -2.45. The van der Waals surface area contributed by atoms with Crippen LogP contribution in [-0.4, -0.2) is 34.4 Å². The van der Waals surface area contributed by atoms with Crippen molar-refractivity contribution in [1.29, 1.82) is 0 Å². The van der Waals surface area contributed by atoms with Gasteiger partial charge in [-0.25, -0.2) is 0 Å². The van der Waals surface area contributed by atoms with Crippen LogP contribution in [0.25, 0.3) is 0 Å². The molecule has 2 rings (SSSR count). The lowest BCUT2D eigenvalue weighted by molar-refractivity contribution is -0.139. The molecule has 1 aromatic carbocycles. The molecule has 9 heteroatoms. The Hall–Kier alpha value is -1.97. The van der Waals surface area contributed by atoms with Gasteiger partial charge in [0.25, 0.3) is 5.91 Å². The molecule has 1 amide bonds. The first-order valence-corrected chi connectivity index (χ1v) is 9.01. The van der Waals surface area contributed by atoms with Crippen molar-refractivity contribution in [3.05, 3.63) is 35.9 Å². The van der Waals surface area contributed by atoms with E-state index in [1.54, 1.807) is 26.0 Å². The molecule has 0 aliphatic rings. The van der Waals surface area contributed by atoms with Crippen LogP contribution in [0.1, 0.15) is 19.4 Å². The van der Waals surface area contributed by atoms with Gasteiger partial charge in [0.05, 0.1) is 12.4 Å². The van der Waals surface area contributed by atoms with Gasteiger partial charge in [-0.1, -0.05) is 53.4 Å². The van der Waals surface area contributed by atoms with E-state index < -0.39 is 5.54 Å². The Labute approximate surface area is 148 Å². The Morgan fingerprint density at radius 1 is 1.33 bits per heavy atom. The van der Waals surface area contributed by atoms with E-state index in [9.17, 15) is 9.59 Å². The van der Waals surface area contributed by atoms with Gasteiger partial charge in [0.15, 0.2) is 4.34 Å². The molecule has 0 aliphatic heterocycles. The molecule has 0 aliphatic carbocycles. The van der Waals surface area contributed by atoms with Crippen LogP contribution in [0.5, 0.6) is 0 Å². The van der Waals surface area contributed by atoms with Gasteiger partial charge in [0.1, 0.15) is 5.54 Å². The lowest BCUT2D eigenvalue weighted by Gasteiger charge is -2.23. The number of nitrogens with one attached hydrogen (secondary N) is 1. The summed E-state index contributed by atoms with van der Waals surface area (Å²) < 4.78 is 5.41. The van der Waals surface area contributed by atoms with Crippen molar-refractivity contribution in [3.8, 4) is 0 Å². The number of hydrogen-bond donors (Lipinski definition) is 2. The van der Waals surface area contributed by atoms with Crippen LogP contribution >= 0.6 is 23.1 Å². The fourth-order valence-corrected chi connectivity index (χ4v) is 3.33. The predicted octanol–water partition coefficient (Wildman–Crippen LogP) is 2.01. The third kappa shape index (κ3) is 4.76. The molecule has 1 heterocycles. The lowest BCUT2D eigenvalue weighted by atomic mass is 9.92. The first kappa shape index (κ1) is 18.4. The van der Waals surface area contributed by atoms with Crippen LogP contribution in [0, 0.1) is 0 Å². The molecule has 24 heavy (non-hydrogen) atoms. The highest BCUT2D eigenvalue weighted by molar-refractivity contribution is 8.01. The number of carbonyl (C=O) groups is 2. The summed E-state index contributed by atoms with van der Waals surface area (Å²) in [5, 5.41) is 10.8. The third-order valence-corrected chi connectivity index (χ3v) is 5.04. The number of nitrogens with two attached hydrogens (primary N) is 1. The number of nitrogens with zero attached hydrogens (tertiary/aromatic N) is 2. The van der Waals surface area contributed by atoms with Gasteiger partial charge in [-0.05, 0) is 19.4 Å². The highest BCUT2D eigenvalue weighted by Gasteiger charge is 2.31. The molecule has 128 valence electrons. The predicted molar refractivity (Wildman–Crippen MR) is 93.9 cm³/mol. The maximum Gasteiger partial charge on any atom is 0.316 e. The Balaban J connectivity index is 1.96. The molecular formula is C15H18N4O3S2. The number of rotatable bonds is 7. The molecule has 1 unspecified atom stereocenters. The van der Waals surface area contributed by atoms with E-state index >= 15 is 0 Å². The van der Waals surface area contributed by atoms with Gasteiger partial charge < -0.3 is 10.5 Å². The van der Waals surface area contributed by atoms with Crippen LogP contribution in [0.2, 0.25) is 0 Å². The maximum absolute atomic E-state index is 12.4. The Kier molecular flexibility index (Phi) is 6.29. The van der Waals surface area contributed by atoms with Gasteiger partial charge >= 0.3 is 5.97 Å². The quantitative estimate of drug-likeness (QED) is 0.438. The fourth-order valence-electron chi connectivity index (χ4n) is 1.78. The molecule has 0 fully saturated rings. The van der Waals surface area contributed by atoms with E-state index in [2.05, 4.69) is 15.5 Å². The minimum Gasteiger partial charge on any atom is -0.465 e. The summed E-state index contributed by atoms with van der Waals surface area (Å²) in [5.41, 5.74) is 5.65. The number of thioether (sulfide) groups is 1. The number of benzene rings is 1. The van der Waals surface area contributed by atoms with Gasteiger partial charge in [0, 0.05) is 0 Å². The standard InChI is InChI=1S/C15H18N4O3S2/c1-3-22-11(20)9-23-14-19-18-13(24-14)17-12(21)15(2,16)10-7-5-4-6-8-10/h4-8H,3,9,16H2,1-2H3,(H,17,18,21). The molecule has 0 saturated heterocycles. The third-order valence-electron chi connectivity index (χ3n) is 3.09. The van der Waals surface area contributed by atoms with E-state index in [4.69, 9.17) is 10.5 Å². The average Bonchev–Trinajstić information content (AvgIpc) is 3.01. The van der Waals surface area contributed by atoms with Crippen molar-refractivity contribution in [2.24, 2.45) is 5.73 Å². The van der Waals surface area contributed by atoms with Crippen LogP contribution in [0.4, 0.5) is 5.13 Å². The highest BCUT2D eigenvalue weighted by atomic mass is 32.2. The molecular weight excluding hydrogens is 348 g/mol. The monoisotopic (exact) mass is 366 g/mol. The van der Waals surface area contributed by atoms with Crippen molar-refractivity contribution < 1.29 is 14.3 Å². The minimum atomic E-state index is -1.19. The number of aromatic nitrogens is 2. The van der Waals surface area contributed by atoms with Crippen molar-refractivity contribution in [2.75, 3.05) is 17.7 Å². The molecule has 3 N–H and O–H groups in total. The summed E-state index contributed by atoms with van der Waals surface area (Å²) in [6.07, 6.45) is 0. The molecule has 1 atom stereocenters. The molecule has 0 bridgehead atoms. The normalized spacial score (nSPS) is 13.1. The van der Waals surface area contributed by atoms with Crippen LogP contribution in [0.15, 0.2) is 34.7 Å². The van der Waals surface area contributed by atoms with E-state index in [1.165, 1.54) is 23.1 Å². The van der Waals surface area contributed by atoms with Crippen molar-refractivity contribution in [3.63, 3.8) is 0 Å². The highest BCUT2D eigenvalue weighted by Crippen LogP contribution is 2.27. The molecule has 0 saturated carbocycles. The van der Waals surface area contributed by atoms with E-state index in [1.807, 2.05) is 18.2 Å². The second-order valence-corrected chi connectivity index (χ2v) is 7.19. The smallest absolute Gasteiger partial charge is 0.316 e. The summed E-state index contributed by atoms with van der Waals surface area (Å²) in [6.45, 7) is 3.72. The van der Waals surface area contributed by atoms with Gasteiger partial charge in [-0.2, -0.15) is 0 Å². The molecule has 1 aromatic heterocycles. The number of ether oxygens (including phenoxy) is 1. The number of amides is 1. The summed E-state index contributed by atoms with van der Waals surface area (Å²) in [7, 11) is 0. The van der Waals surface area contributed by atoms with Crippen LogP contribution in [0.3, 0.4) is 0 Å². The van der Waals surface area contributed by atoms with Gasteiger partial charge in [-0.3, -0.25) is 14.9 Å². The van der Waals surface area contributed by atoms with E-state index in [-0.39, 0.29) is 17.6 Å². The molecule has 0 spiro atoms. The Bertz CT molecular complexity index is 704. The molecule has 0 radical (unpaired) electrons. The Morgan fingerprint density at radius 3 is 2.71 bits per heavy atom.